The topological polar surface area (TPSA) is 38.8 Å². The molecule has 0 heterocycles. The lowest BCUT2D eigenvalue weighted by molar-refractivity contribution is 0.131. The Morgan fingerprint density at radius 2 is 1.40 bits per heavy atom. The molecule has 2 aromatic carbocycles. The highest BCUT2D eigenvalue weighted by molar-refractivity contribution is 6.31. The summed E-state index contributed by atoms with van der Waals surface area (Å²) < 4.78 is 5.24. The molecule has 194 valence electrons. The monoisotopic (exact) mass is 501 g/mol. The number of benzene rings is 2. The van der Waals surface area contributed by atoms with Crippen molar-refractivity contribution in [1.82, 2.24) is 0 Å². The first-order chi connectivity index (χ1) is 17.1. The molecular formula is C30H44ClNO3. The zero-order valence-corrected chi connectivity index (χ0v) is 22.7. The van der Waals surface area contributed by atoms with E-state index in [1.807, 2.05) is 49.4 Å². The Balaban J connectivity index is 1.87. The quantitative estimate of drug-likeness (QED) is 0.160. The highest BCUT2D eigenvalue weighted by Crippen LogP contribution is 2.30. The first kappa shape index (κ1) is 29.0. The third-order valence-electron chi connectivity index (χ3n) is 6.26. The molecule has 35 heavy (non-hydrogen) atoms. The van der Waals surface area contributed by atoms with Gasteiger partial charge in [-0.05, 0) is 62.1 Å². The van der Waals surface area contributed by atoms with Crippen LogP contribution in [0, 0.1) is 6.92 Å². The van der Waals surface area contributed by atoms with Crippen molar-refractivity contribution in [3.63, 3.8) is 0 Å². The van der Waals surface area contributed by atoms with Gasteiger partial charge in [0.1, 0.15) is 0 Å². The number of hydrogen-bond acceptors (Lipinski definition) is 3. The van der Waals surface area contributed by atoms with E-state index < -0.39 is 6.09 Å². The number of unbranched alkanes of at least 4 members (excludes halogenated alkanes) is 11. The van der Waals surface area contributed by atoms with E-state index in [1.165, 1.54) is 75.7 Å². The van der Waals surface area contributed by atoms with E-state index in [-0.39, 0.29) is 6.61 Å². The molecule has 0 aliphatic carbocycles. The van der Waals surface area contributed by atoms with E-state index in [0.29, 0.717) is 16.5 Å². The van der Waals surface area contributed by atoms with Gasteiger partial charge in [-0.3, -0.25) is 0 Å². The molecule has 0 aliphatic rings. The molecule has 5 heteroatoms. The number of amides is 1. The molecule has 0 saturated carbocycles. The van der Waals surface area contributed by atoms with Crippen LogP contribution in [0.4, 0.5) is 10.5 Å². The molecule has 0 fully saturated rings. The second-order valence-electron chi connectivity index (χ2n) is 9.27. The van der Waals surface area contributed by atoms with Crippen LogP contribution >= 0.6 is 11.6 Å². The second kappa shape index (κ2) is 17.3. The fourth-order valence-electron chi connectivity index (χ4n) is 4.17. The minimum atomic E-state index is -0.539. The summed E-state index contributed by atoms with van der Waals surface area (Å²) in [6.07, 6.45) is 16.1. The van der Waals surface area contributed by atoms with E-state index in [1.54, 1.807) is 6.92 Å². The standard InChI is InChI=1S/C30H44ClNO3/c1-4-6-7-8-9-10-11-12-13-14-15-17-20-26-24-28(31)25(3)23-29(26)35-32(30(33)34-5-2)27-21-18-16-19-22-27/h16,18-19,21-24H,4-15,17,20H2,1-3H3. The molecule has 0 bridgehead atoms. The first-order valence-electron chi connectivity index (χ1n) is 13.6. The van der Waals surface area contributed by atoms with E-state index in [4.69, 9.17) is 21.2 Å². The second-order valence-corrected chi connectivity index (χ2v) is 9.68. The lowest BCUT2D eigenvalue weighted by Gasteiger charge is -2.23. The lowest BCUT2D eigenvalue weighted by Crippen LogP contribution is -2.35. The maximum Gasteiger partial charge on any atom is 0.448 e. The normalized spacial score (nSPS) is 10.9. The number of halogens is 1. The Hall–Kier alpha value is -2.20. The largest absolute Gasteiger partial charge is 0.448 e. The fraction of sp³-hybridized carbons (Fsp3) is 0.567. The molecule has 2 rings (SSSR count). The maximum atomic E-state index is 12.6. The number of rotatable bonds is 17. The van der Waals surface area contributed by atoms with Gasteiger partial charge in [0.05, 0.1) is 12.3 Å². The Morgan fingerprint density at radius 3 is 1.97 bits per heavy atom. The van der Waals surface area contributed by atoms with Gasteiger partial charge in [-0.15, -0.1) is 5.06 Å². The highest BCUT2D eigenvalue weighted by atomic mass is 35.5. The molecule has 0 unspecified atom stereocenters. The van der Waals surface area contributed by atoms with E-state index in [2.05, 4.69) is 6.92 Å². The SMILES string of the molecule is CCCCCCCCCCCCCCc1cc(Cl)c(C)cc1ON(C(=O)OCC)c1ccccc1. The van der Waals surface area contributed by atoms with Crippen molar-refractivity contribution < 1.29 is 14.4 Å². The molecule has 1 amide bonds. The number of para-hydroxylation sites is 1. The summed E-state index contributed by atoms with van der Waals surface area (Å²) in [6.45, 7) is 6.27. The van der Waals surface area contributed by atoms with Gasteiger partial charge in [0.2, 0.25) is 0 Å². The molecule has 0 aromatic heterocycles. The van der Waals surface area contributed by atoms with E-state index in [0.717, 1.165) is 24.0 Å². The van der Waals surface area contributed by atoms with Crippen molar-refractivity contribution in [3.05, 3.63) is 58.6 Å². The van der Waals surface area contributed by atoms with Crippen molar-refractivity contribution in [2.45, 2.75) is 104 Å². The number of anilines is 1. The number of carbonyl (C=O) groups excluding carboxylic acids is 1. The summed E-state index contributed by atoms with van der Waals surface area (Å²) in [7, 11) is 0. The van der Waals surface area contributed by atoms with E-state index >= 15 is 0 Å². The van der Waals surface area contributed by atoms with Gasteiger partial charge in [-0.1, -0.05) is 107 Å². The summed E-state index contributed by atoms with van der Waals surface area (Å²) in [5.41, 5.74) is 2.55. The van der Waals surface area contributed by atoms with Crippen LogP contribution in [0.3, 0.4) is 0 Å². The van der Waals surface area contributed by atoms with Crippen LogP contribution in [0.25, 0.3) is 0 Å². The number of nitrogens with zero attached hydrogens (tertiary/aromatic N) is 1. The van der Waals surface area contributed by atoms with Gasteiger partial charge in [-0.25, -0.2) is 4.79 Å². The van der Waals surface area contributed by atoms with Crippen LogP contribution in [-0.2, 0) is 11.2 Å². The van der Waals surface area contributed by atoms with Crippen molar-refractivity contribution in [2.24, 2.45) is 0 Å². The maximum absolute atomic E-state index is 12.6. The molecule has 0 atom stereocenters. The van der Waals surface area contributed by atoms with Gasteiger partial charge in [0.15, 0.2) is 5.75 Å². The van der Waals surface area contributed by atoms with Crippen LogP contribution in [-0.4, -0.2) is 12.7 Å². The van der Waals surface area contributed by atoms with Crippen molar-refractivity contribution in [2.75, 3.05) is 11.7 Å². The zero-order chi connectivity index (χ0) is 25.3. The third-order valence-corrected chi connectivity index (χ3v) is 6.66. The molecule has 0 spiro atoms. The smallest absolute Gasteiger partial charge is 0.447 e. The summed E-state index contributed by atoms with van der Waals surface area (Å²) in [4.78, 5) is 18.8. The van der Waals surface area contributed by atoms with Gasteiger partial charge < -0.3 is 9.57 Å². The number of hydroxylamine groups is 1. The lowest BCUT2D eigenvalue weighted by atomic mass is 10.0. The number of ether oxygens (including phenoxy) is 1. The minimum Gasteiger partial charge on any atom is -0.447 e. The molecule has 0 aliphatic heterocycles. The summed E-state index contributed by atoms with van der Waals surface area (Å²) in [6, 6.07) is 13.2. The summed E-state index contributed by atoms with van der Waals surface area (Å²) in [5, 5.41) is 1.94. The predicted molar refractivity (Wildman–Crippen MR) is 148 cm³/mol. The minimum absolute atomic E-state index is 0.275. The van der Waals surface area contributed by atoms with Gasteiger partial charge in [-0.2, -0.15) is 0 Å². The zero-order valence-electron chi connectivity index (χ0n) is 22.0. The highest BCUT2D eigenvalue weighted by Gasteiger charge is 2.21. The third kappa shape index (κ3) is 10.9. The molecular weight excluding hydrogens is 458 g/mol. The number of aryl methyl sites for hydroxylation is 2. The van der Waals surface area contributed by atoms with Gasteiger partial charge in [0.25, 0.3) is 0 Å². The number of hydrogen-bond donors (Lipinski definition) is 0. The Kier molecular flexibility index (Phi) is 14.3. The fourth-order valence-corrected chi connectivity index (χ4v) is 4.36. The number of carbonyl (C=O) groups is 1. The molecule has 0 N–H and O–H groups in total. The summed E-state index contributed by atoms with van der Waals surface area (Å²) >= 11 is 6.44. The Morgan fingerprint density at radius 1 is 0.829 bits per heavy atom. The molecule has 0 radical (unpaired) electrons. The van der Waals surface area contributed by atoms with Crippen LogP contribution in [0.5, 0.6) is 5.75 Å². The van der Waals surface area contributed by atoms with Crippen LogP contribution < -0.4 is 9.90 Å². The van der Waals surface area contributed by atoms with Crippen molar-refractivity contribution >= 4 is 23.4 Å². The average Bonchev–Trinajstić information content (AvgIpc) is 2.86. The predicted octanol–water partition coefficient (Wildman–Crippen LogP) is 9.85. The van der Waals surface area contributed by atoms with Crippen molar-refractivity contribution in [1.29, 1.82) is 0 Å². The Labute approximate surface area is 217 Å². The first-order valence-corrected chi connectivity index (χ1v) is 13.9. The van der Waals surface area contributed by atoms with Crippen LogP contribution in [0.15, 0.2) is 42.5 Å². The molecule has 4 nitrogen and oxygen atoms in total. The van der Waals surface area contributed by atoms with Crippen molar-refractivity contribution in [3.8, 4) is 5.75 Å². The van der Waals surface area contributed by atoms with Crippen LogP contribution in [0.2, 0.25) is 5.02 Å². The molecule has 2 aromatic rings. The Bertz CT molecular complexity index is 856. The van der Waals surface area contributed by atoms with Crippen LogP contribution in [0.1, 0.15) is 102 Å². The van der Waals surface area contributed by atoms with E-state index in [9.17, 15) is 4.79 Å². The summed E-state index contributed by atoms with van der Waals surface area (Å²) in [5.74, 6) is 0.645. The average molecular weight is 502 g/mol. The molecule has 0 saturated heterocycles. The van der Waals surface area contributed by atoms with Gasteiger partial charge in [0, 0.05) is 5.02 Å². The van der Waals surface area contributed by atoms with Gasteiger partial charge >= 0.3 is 6.09 Å².